The maximum atomic E-state index is 11.4. The van der Waals surface area contributed by atoms with E-state index in [0.717, 1.165) is 25.3 Å². The topological polar surface area (TPSA) is 41.5 Å². The van der Waals surface area contributed by atoms with Gasteiger partial charge in [0, 0.05) is 17.8 Å². The van der Waals surface area contributed by atoms with Crippen molar-refractivity contribution in [1.29, 1.82) is 0 Å². The molecule has 2 rings (SSSR count). The summed E-state index contributed by atoms with van der Waals surface area (Å²) in [5, 5.41) is 3.18. The van der Waals surface area contributed by atoms with Crippen molar-refractivity contribution in [2.75, 3.05) is 13.1 Å². The first-order valence-electron chi connectivity index (χ1n) is 4.22. The number of piperidine rings is 1. The highest BCUT2D eigenvalue weighted by Gasteiger charge is 2.32. The van der Waals surface area contributed by atoms with Gasteiger partial charge in [-0.2, -0.15) is 0 Å². The van der Waals surface area contributed by atoms with E-state index < -0.39 is 0 Å². The molecule has 0 aromatic rings. The average Bonchev–Trinajstić information content (AvgIpc) is 2.07. The van der Waals surface area contributed by atoms with Gasteiger partial charge in [0.2, 0.25) is 0 Å². The van der Waals surface area contributed by atoms with E-state index in [1.807, 2.05) is 0 Å². The molecule has 0 amide bonds. The molecule has 2 aliphatic rings. The highest BCUT2D eigenvalue weighted by Crippen LogP contribution is 2.23. The molecule has 0 spiro atoms. The van der Waals surface area contributed by atoms with Crippen LogP contribution in [0.2, 0.25) is 0 Å². The van der Waals surface area contributed by atoms with Crippen LogP contribution in [0, 0.1) is 5.92 Å². The molecule has 0 aromatic heterocycles. The number of alkyl halides is 1. The number of rotatable bonds is 0. The summed E-state index contributed by atoms with van der Waals surface area (Å²) in [6.07, 6.45) is 1.56. The number of carbonyl (C=O) groups is 1. The Morgan fingerprint density at radius 2 is 2.42 bits per heavy atom. The first kappa shape index (κ1) is 8.23. The van der Waals surface area contributed by atoms with Gasteiger partial charge in [0.15, 0.2) is 0 Å². The number of Topliss-reactive ketones (excluding diaryl/α,β-unsaturated/α-hetero) is 1. The van der Waals surface area contributed by atoms with Gasteiger partial charge in [0.25, 0.3) is 0 Å². The van der Waals surface area contributed by atoms with Crippen LogP contribution in [0.25, 0.3) is 0 Å². The third-order valence-corrected chi connectivity index (χ3v) is 3.01. The van der Waals surface area contributed by atoms with Crippen LogP contribution < -0.4 is 5.32 Å². The van der Waals surface area contributed by atoms with E-state index in [0.29, 0.717) is 17.0 Å². The van der Waals surface area contributed by atoms with Crippen molar-refractivity contribution in [3.05, 3.63) is 0 Å². The van der Waals surface area contributed by atoms with Crippen LogP contribution in [0.15, 0.2) is 4.99 Å². The zero-order chi connectivity index (χ0) is 8.55. The number of ketones is 1. The molecule has 4 heteroatoms. The van der Waals surface area contributed by atoms with Crippen LogP contribution in [0.1, 0.15) is 12.8 Å². The fourth-order valence-corrected chi connectivity index (χ4v) is 2.22. The van der Waals surface area contributed by atoms with Gasteiger partial charge >= 0.3 is 0 Å². The first-order chi connectivity index (χ1) is 5.77. The van der Waals surface area contributed by atoms with Gasteiger partial charge in [-0.25, -0.2) is 0 Å². The second kappa shape index (κ2) is 3.17. The van der Waals surface area contributed by atoms with E-state index in [9.17, 15) is 4.79 Å². The number of halogens is 1. The lowest BCUT2D eigenvalue weighted by atomic mass is 9.90. The molecule has 2 atom stereocenters. The average molecular weight is 231 g/mol. The number of fused-ring (bicyclic) bond motifs is 1. The summed E-state index contributed by atoms with van der Waals surface area (Å²) in [7, 11) is 0. The molecular weight excluding hydrogens is 220 g/mol. The molecule has 0 aromatic carbocycles. The third-order valence-electron chi connectivity index (χ3n) is 2.35. The molecule has 0 radical (unpaired) electrons. The molecule has 0 saturated carbocycles. The zero-order valence-electron chi connectivity index (χ0n) is 6.72. The number of nitrogens with zero attached hydrogens (tertiary/aromatic N) is 1. The van der Waals surface area contributed by atoms with Gasteiger partial charge in [-0.3, -0.25) is 9.79 Å². The largest absolute Gasteiger partial charge is 0.373 e. The number of amidine groups is 1. The lowest BCUT2D eigenvalue weighted by Crippen LogP contribution is -2.46. The van der Waals surface area contributed by atoms with E-state index in [-0.39, 0.29) is 5.92 Å². The lowest BCUT2D eigenvalue weighted by Gasteiger charge is -2.29. The van der Waals surface area contributed by atoms with Crippen molar-refractivity contribution < 1.29 is 4.79 Å². The number of carbonyl (C=O) groups excluding carboxylic acids is 1. The highest BCUT2D eigenvalue weighted by atomic mass is 79.9. The minimum Gasteiger partial charge on any atom is -0.373 e. The summed E-state index contributed by atoms with van der Waals surface area (Å²) in [5.74, 6) is 1.32. The predicted molar refractivity (Wildman–Crippen MR) is 50.8 cm³/mol. The molecule has 0 aliphatic carbocycles. The summed E-state index contributed by atoms with van der Waals surface area (Å²) < 4.78 is 0. The summed E-state index contributed by atoms with van der Waals surface area (Å²) >= 11 is 3.49. The van der Waals surface area contributed by atoms with Crippen molar-refractivity contribution in [3.8, 4) is 0 Å². The van der Waals surface area contributed by atoms with E-state index in [1.54, 1.807) is 0 Å². The number of nitrogens with one attached hydrogen (secondary N) is 1. The Kier molecular flexibility index (Phi) is 2.17. The Morgan fingerprint density at radius 3 is 3.25 bits per heavy atom. The second-order valence-corrected chi connectivity index (χ2v) is 4.55. The predicted octanol–water partition coefficient (Wildman–Crippen LogP) is 0.731. The SMILES string of the molecule is O=C1CCNC2=NCC(Br)CC12. The van der Waals surface area contributed by atoms with Gasteiger partial charge in [-0.1, -0.05) is 15.9 Å². The standard InChI is InChI=1S/C8H11BrN2O/c9-5-3-6-7(12)1-2-10-8(6)11-4-5/h5-6H,1-4H2,(H,10,11). The van der Waals surface area contributed by atoms with E-state index in [2.05, 4.69) is 26.2 Å². The summed E-state index contributed by atoms with van der Waals surface area (Å²) in [6.45, 7) is 1.56. The molecule has 66 valence electrons. The molecule has 2 heterocycles. The van der Waals surface area contributed by atoms with Crippen LogP contribution in [-0.4, -0.2) is 29.5 Å². The first-order valence-corrected chi connectivity index (χ1v) is 5.14. The fourth-order valence-electron chi connectivity index (χ4n) is 1.70. The third kappa shape index (κ3) is 1.40. The monoisotopic (exact) mass is 230 g/mol. The molecule has 2 aliphatic heterocycles. The minimum atomic E-state index is 0.0527. The molecule has 1 N–H and O–H groups in total. The van der Waals surface area contributed by atoms with Gasteiger partial charge in [-0.05, 0) is 6.42 Å². The maximum Gasteiger partial charge on any atom is 0.145 e. The van der Waals surface area contributed by atoms with Crippen molar-refractivity contribution >= 4 is 27.5 Å². The van der Waals surface area contributed by atoms with E-state index >= 15 is 0 Å². The van der Waals surface area contributed by atoms with Crippen LogP contribution in [-0.2, 0) is 4.79 Å². The van der Waals surface area contributed by atoms with Gasteiger partial charge in [0.1, 0.15) is 11.6 Å². The molecule has 1 fully saturated rings. The van der Waals surface area contributed by atoms with Gasteiger partial charge in [0.05, 0.1) is 12.5 Å². The van der Waals surface area contributed by atoms with E-state index in [4.69, 9.17) is 0 Å². The number of hydrogen-bond acceptors (Lipinski definition) is 3. The van der Waals surface area contributed by atoms with Crippen molar-refractivity contribution in [2.24, 2.45) is 10.9 Å². The molecule has 3 nitrogen and oxygen atoms in total. The fraction of sp³-hybridized carbons (Fsp3) is 0.750. The molecule has 12 heavy (non-hydrogen) atoms. The summed E-state index contributed by atoms with van der Waals surface area (Å²) in [6, 6.07) is 0. The van der Waals surface area contributed by atoms with Gasteiger partial charge < -0.3 is 5.32 Å². The van der Waals surface area contributed by atoms with Crippen LogP contribution in [0.4, 0.5) is 0 Å². The number of hydrogen-bond donors (Lipinski definition) is 1. The molecular formula is C8H11BrN2O. The quantitative estimate of drug-likeness (QED) is 0.624. The Labute approximate surface area is 79.8 Å². The highest BCUT2D eigenvalue weighted by molar-refractivity contribution is 9.09. The lowest BCUT2D eigenvalue weighted by molar-refractivity contribution is -0.121. The Hall–Kier alpha value is -0.380. The van der Waals surface area contributed by atoms with Crippen molar-refractivity contribution in [2.45, 2.75) is 17.7 Å². The molecule has 0 bridgehead atoms. The van der Waals surface area contributed by atoms with E-state index in [1.165, 1.54) is 0 Å². The Morgan fingerprint density at radius 1 is 1.58 bits per heavy atom. The normalized spacial score (nSPS) is 35.1. The maximum absolute atomic E-state index is 11.4. The van der Waals surface area contributed by atoms with Crippen LogP contribution in [0.3, 0.4) is 0 Å². The van der Waals surface area contributed by atoms with Crippen LogP contribution >= 0.6 is 15.9 Å². The minimum absolute atomic E-state index is 0.0527. The molecule has 2 unspecified atom stereocenters. The Bertz CT molecular complexity index is 239. The van der Waals surface area contributed by atoms with Gasteiger partial charge in [-0.15, -0.1) is 0 Å². The van der Waals surface area contributed by atoms with Crippen LogP contribution in [0.5, 0.6) is 0 Å². The summed E-state index contributed by atoms with van der Waals surface area (Å²) in [4.78, 5) is 16.1. The zero-order valence-corrected chi connectivity index (χ0v) is 8.30. The Balaban J connectivity index is 2.19. The smallest absolute Gasteiger partial charge is 0.145 e. The number of aliphatic imine (C=N–C) groups is 1. The summed E-state index contributed by atoms with van der Waals surface area (Å²) in [5.41, 5.74) is 0. The van der Waals surface area contributed by atoms with Crippen molar-refractivity contribution in [3.63, 3.8) is 0 Å². The molecule has 1 saturated heterocycles. The second-order valence-electron chi connectivity index (χ2n) is 3.25. The van der Waals surface area contributed by atoms with Crippen molar-refractivity contribution in [1.82, 2.24) is 5.32 Å².